The number of carbonyl (C=O) groups is 2. The quantitative estimate of drug-likeness (QED) is 0.502. The Labute approximate surface area is 190 Å². The average molecular weight is 449 g/mol. The Morgan fingerprint density at radius 2 is 1.97 bits per heavy atom. The third-order valence-corrected chi connectivity index (χ3v) is 6.71. The maximum atomic E-state index is 13.5. The van der Waals surface area contributed by atoms with Crippen molar-refractivity contribution in [3.8, 4) is 16.9 Å². The molecule has 0 radical (unpaired) electrons. The van der Waals surface area contributed by atoms with Crippen LogP contribution in [0.4, 0.5) is 0 Å². The second kappa shape index (κ2) is 9.54. The Balaban J connectivity index is 1.80. The number of aromatic nitrogens is 1. The van der Waals surface area contributed by atoms with E-state index >= 15 is 0 Å². The number of ether oxygens (including phenoxy) is 1. The Bertz CT molecular complexity index is 1120. The maximum absolute atomic E-state index is 13.5. The molecule has 0 saturated heterocycles. The van der Waals surface area contributed by atoms with Gasteiger partial charge in [0.1, 0.15) is 11.8 Å². The Kier molecular flexibility index (Phi) is 6.58. The van der Waals surface area contributed by atoms with Crippen LogP contribution >= 0.6 is 11.8 Å². The van der Waals surface area contributed by atoms with Crippen LogP contribution in [-0.4, -0.2) is 46.0 Å². The highest BCUT2D eigenvalue weighted by atomic mass is 32.2. The molecule has 0 amide bonds. The van der Waals surface area contributed by atoms with Crippen LogP contribution in [0.25, 0.3) is 11.1 Å². The van der Waals surface area contributed by atoms with Gasteiger partial charge in [0, 0.05) is 35.0 Å². The first-order valence-corrected chi connectivity index (χ1v) is 11.6. The molecule has 3 N–H and O–H groups in total. The van der Waals surface area contributed by atoms with E-state index < -0.39 is 17.3 Å². The number of thioether (sulfide) groups is 1. The van der Waals surface area contributed by atoms with Crippen LogP contribution in [0.2, 0.25) is 0 Å². The molecule has 0 saturated carbocycles. The lowest BCUT2D eigenvalue weighted by Gasteiger charge is -2.19. The largest absolute Gasteiger partial charge is 0.492 e. The van der Waals surface area contributed by atoms with Crippen molar-refractivity contribution < 1.29 is 19.4 Å². The van der Waals surface area contributed by atoms with Gasteiger partial charge in [-0.3, -0.25) is 14.6 Å². The zero-order chi connectivity index (χ0) is 22.7. The van der Waals surface area contributed by atoms with Crippen LogP contribution in [0.5, 0.6) is 5.75 Å². The van der Waals surface area contributed by atoms with E-state index in [9.17, 15) is 14.7 Å². The summed E-state index contributed by atoms with van der Waals surface area (Å²) in [5.41, 5.74) is 9.93. The first-order chi connectivity index (χ1) is 15.5. The topological polar surface area (TPSA) is 103 Å². The van der Waals surface area contributed by atoms with Gasteiger partial charge in [0.15, 0.2) is 5.78 Å². The molecule has 32 heavy (non-hydrogen) atoms. The third kappa shape index (κ3) is 4.26. The molecular formula is C25H24N2O4S. The second-order valence-corrected chi connectivity index (χ2v) is 8.73. The van der Waals surface area contributed by atoms with Crippen molar-refractivity contribution in [2.75, 3.05) is 12.9 Å². The predicted octanol–water partition coefficient (Wildman–Crippen LogP) is 3.99. The summed E-state index contributed by atoms with van der Waals surface area (Å²) in [6, 6.07) is 16.2. The van der Waals surface area contributed by atoms with Crippen LogP contribution < -0.4 is 10.5 Å². The number of benzene rings is 2. The summed E-state index contributed by atoms with van der Waals surface area (Å²) >= 11 is 1.31. The molecule has 2 unspecified atom stereocenters. The van der Waals surface area contributed by atoms with E-state index in [2.05, 4.69) is 4.98 Å². The average Bonchev–Trinajstić information content (AvgIpc) is 3.26. The number of pyridine rings is 1. The van der Waals surface area contributed by atoms with Gasteiger partial charge in [-0.15, -0.1) is 0 Å². The highest BCUT2D eigenvalue weighted by molar-refractivity contribution is 7.99. The summed E-state index contributed by atoms with van der Waals surface area (Å²) < 4.78 is 6.17. The summed E-state index contributed by atoms with van der Waals surface area (Å²) in [6.45, 7) is 0.467. The van der Waals surface area contributed by atoms with Gasteiger partial charge in [0.2, 0.25) is 0 Å². The Morgan fingerprint density at radius 3 is 2.62 bits per heavy atom. The van der Waals surface area contributed by atoms with Crippen molar-refractivity contribution >= 4 is 23.5 Å². The minimum Gasteiger partial charge on any atom is -0.492 e. The van der Waals surface area contributed by atoms with Gasteiger partial charge < -0.3 is 15.6 Å². The third-order valence-electron chi connectivity index (χ3n) is 5.73. The summed E-state index contributed by atoms with van der Waals surface area (Å²) in [5, 5.41) is 8.63. The number of carboxylic acids is 1. The highest BCUT2D eigenvalue weighted by Gasteiger charge is 2.33. The first-order valence-electron chi connectivity index (χ1n) is 10.3. The molecule has 3 atom stereocenters. The van der Waals surface area contributed by atoms with Gasteiger partial charge in [-0.05, 0) is 29.9 Å². The maximum Gasteiger partial charge on any atom is 0.320 e. The van der Waals surface area contributed by atoms with Gasteiger partial charge in [-0.1, -0.05) is 48.5 Å². The summed E-state index contributed by atoms with van der Waals surface area (Å²) in [4.78, 5) is 29.0. The lowest BCUT2D eigenvalue weighted by molar-refractivity contribution is -0.138. The number of aliphatic carboxylic acids is 1. The number of ketones is 1. The number of carbonyl (C=O) groups excluding carboxylic acids is 1. The highest BCUT2D eigenvalue weighted by Crippen LogP contribution is 2.46. The van der Waals surface area contributed by atoms with E-state index in [-0.39, 0.29) is 18.1 Å². The van der Waals surface area contributed by atoms with E-state index in [1.54, 1.807) is 12.5 Å². The van der Waals surface area contributed by atoms with Gasteiger partial charge >= 0.3 is 5.97 Å². The zero-order valence-corrected chi connectivity index (χ0v) is 18.4. The molecule has 0 bridgehead atoms. The van der Waals surface area contributed by atoms with E-state index in [0.29, 0.717) is 17.9 Å². The predicted molar refractivity (Wildman–Crippen MR) is 125 cm³/mol. The van der Waals surface area contributed by atoms with Crippen molar-refractivity contribution in [3.63, 3.8) is 0 Å². The fourth-order valence-electron chi connectivity index (χ4n) is 4.05. The SMILES string of the molecule is CSC(C[C@H](N)C(=O)O)C(=O)c1ccc2c(c1-c1ccccc1)OCC2c1cccnc1. The van der Waals surface area contributed by atoms with Crippen LogP contribution in [0.3, 0.4) is 0 Å². The monoisotopic (exact) mass is 448 g/mol. The van der Waals surface area contributed by atoms with Gasteiger partial charge in [-0.2, -0.15) is 11.8 Å². The minimum atomic E-state index is -1.11. The summed E-state index contributed by atoms with van der Waals surface area (Å²) in [6.07, 6.45) is 5.42. The number of nitrogens with two attached hydrogens (primary N) is 1. The van der Waals surface area contributed by atoms with Gasteiger partial charge in [0.25, 0.3) is 0 Å². The van der Waals surface area contributed by atoms with Crippen molar-refractivity contribution in [3.05, 3.63) is 83.7 Å². The molecular weight excluding hydrogens is 424 g/mol. The summed E-state index contributed by atoms with van der Waals surface area (Å²) in [7, 11) is 0. The number of nitrogens with zero attached hydrogens (tertiary/aromatic N) is 1. The molecule has 0 aliphatic carbocycles. The van der Waals surface area contributed by atoms with Gasteiger partial charge in [0.05, 0.1) is 11.9 Å². The van der Waals surface area contributed by atoms with Crippen LogP contribution in [-0.2, 0) is 4.79 Å². The molecule has 0 fully saturated rings. The number of hydrogen-bond donors (Lipinski definition) is 2. The van der Waals surface area contributed by atoms with Gasteiger partial charge in [-0.25, -0.2) is 0 Å². The lowest BCUT2D eigenvalue weighted by Crippen LogP contribution is -2.35. The van der Waals surface area contributed by atoms with Crippen molar-refractivity contribution in [1.29, 1.82) is 0 Å². The molecule has 6 nitrogen and oxygen atoms in total. The first kappa shape index (κ1) is 22.0. The second-order valence-electron chi connectivity index (χ2n) is 7.69. The minimum absolute atomic E-state index is 0.0297. The lowest BCUT2D eigenvalue weighted by atomic mass is 9.87. The van der Waals surface area contributed by atoms with Crippen LogP contribution in [0.15, 0.2) is 67.0 Å². The normalized spacial score (nSPS) is 16.6. The summed E-state index contributed by atoms with van der Waals surface area (Å²) in [5.74, 6) is -0.540. The molecule has 7 heteroatoms. The number of carboxylic acid groups (broad SMARTS) is 1. The number of hydrogen-bond acceptors (Lipinski definition) is 6. The molecule has 1 aromatic heterocycles. The molecule has 0 spiro atoms. The van der Waals surface area contributed by atoms with Crippen LogP contribution in [0.1, 0.15) is 33.8 Å². The molecule has 2 heterocycles. The van der Waals surface area contributed by atoms with E-state index in [1.807, 2.05) is 60.8 Å². The smallest absolute Gasteiger partial charge is 0.320 e. The Hall–Kier alpha value is -3.16. The van der Waals surface area contributed by atoms with Crippen molar-refractivity contribution in [1.82, 2.24) is 4.98 Å². The Morgan fingerprint density at radius 1 is 1.19 bits per heavy atom. The molecule has 1 aliphatic heterocycles. The molecule has 3 aromatic rings. The van der Waals surface area contributed by atoms with Crippen molar-refractivity contribution in [2.24, 2.45) is 5.73 Å². The molecule has 1 aliphatic rings. The fraction of sp³-hybridized carbons (Fsp3) is 0.240. The standard InChI is InChI=1S/C25H24N2O4S/c1-32-21(12-20(26)25(29)30)23(28)18-10-9-17-19(16-8-5-11-27-13-16)14-31-24(17)22(18)15-6-3-2-4-7-15/h2-11,13,19-21H,12,14,26H2,1H3,(H,29,30)/t19?,20-,21?/m0/s1. The number of Topliss-reactive ketones (excluding diaryl/α,β-unsaturated/α-hetero) is 1. The van der Waals surface area contributed by atoms with E-state index in [1.165, 1.54) is 11.8 Å². The van der Waals surface area contributed by atoms with E-state index in [4.69, 9.17) is 10.5 Å². The van der Waals surface area contributed by atoms with E-state index in [0.717, 1.165) is 22.3 Å². The molecule has 2 aromatic carbocycles. The van der Waals surface area contributed by atoms with Crippen molar-refractivity contribution in [2.45, 2.75) is 23.6 Å². The fourth-order valence-corrected chi connectivity index (χ4v) is 4.80. The molecule has 4 rings (SSSR count). The zero-order valence-electron chi connectivity index (χ0n) is 17.6. The number of rotatable bonds is 8. The molecule has 164 valence electrons. The number of fused-ring (bicyclic) bond motifs is 1. The van der Waals surface area contributed by atoms with Crippen LogP contribution in [0, 0.1) is 0 Å².